The molecule has 0 aliphatic carbocycles. The number of hydrogen-bond donors (Lipinski definition) is 0. The molecule has 2 aromatic heterocycles. The van der Waals surface area contributed by atoms with E-state index in [-0.39, 0.29) is 0 Å². The van der Waals surface area contributed by atoms with Gasteiger partial charge in [-0.25, -0.2) is 0 Å². The van der Waals surface area contributed by atoms with Crippen molar-refractivity contribution in [3.05, 3.63) is 44.3 Å². The Morgan fingerprint density at radius 1 is 1.15 bits per heavy atom. The molecule has 0 nitrogen and oxygen atoms in total. The van der Waals surface area contributed by atoms with Crippen LogP contribution in [0.4, 0.5) is 0 Å². The zero-order chi connectivity index (χ0) is 9.10. The Kier molecular flexibility index (Phi) is 2.62. The normalized spacial score (nSPS) is 11.2. The van der Waals surface area contributed by atoms with Gasteiger partial charge in [-0.3, -0.25) is 0 Å². The maximum atomic E-state index is 2.17. The van der Waals surface area contributed by atoms with Gasteiger partial charge in [0.05, 0.1) is 0 Å². The van der Waals surface area contributed by atoms with Gasteiger partial charge in [0, 0.05) is 9.75 Å². The van der Waals surface area contributed by atoms with Gasteiger partial charge < -0.3 is 0 Å². The van der Waals surface area contributed by atoms with Crippen molar-refractivity contribution in [3.8, 4) is 0 Å². The summed E-state index contributed by atoms with van der Waals surface area (Å²) >= 11 is 3.56. The van der Waals surface area contributed by atoms with E-state index >= 15 is 0 Å². The van der Waals surface area contributed by atoms with Crippen molar-refractivity contribution in [2.45, 2.75) is 6.92 Å². The Labute approximate surface area is 86.2 Å². The average molecular weight is 206 g/mol. The largest absolute Gasteiger partial charge is 0.152 e. The number of aryl methyl sites for hydroxylation is 1. The summed E-state index contributed by atoms with van der Waals surface area (Å²) in [6.45, 7) is 2.13. The lowest BCUT2D eigenvalue weighted by molar-refractivity contribution is 1.64. The van der Waals surface area contributed by atoms with Crippen LogP contribution >= 0.6 is 22.7 Å². The highest BCUT2D eigenvalue weighted by molar-refractivity contribution is 7.12. The van der Waals surface area contributed by atoms with Gasteiger partial charge in [0.15, 0.2) is 0 Å². The molecule has 0 fully saturated rings. The lowest BCUT2D eigenvalue weighted by atomic mass is 10.3. The minimum Gasteiger partial charge on any atom is -0.152 e. The second-order valence-corrected chi connectivity index (χ2v) is 4.94. The molecule has 13 heavy (non-hydrogen) atoms. The molecule has 2 rings (SSSR count). The fourth-order valence-electron chi connectivity index (χ4n) is 1.09. The first-order valence-corrected chi connectivity index (χ1v) is 5.87. The smallest absolute Gasteiger partial charge is 0.0273 e. The number of thiophene rings is 2. The lowest BCUT2D eigenvalue weighted by Crippen LogP contribution is -1.59. The molecule has 0 atom stereocenters. The van der Waals surface area contributed by atoms with Gasteiger partial charge >= 0.3 is 0 Å². The summed E-state index contributed by atoms with van der Waals surface area (Å²) in [6.07, 6.45) is 4.32. The topological polar surface area (TPSA) is 0 Å². The Bertz CT molecular complexity index is 393. The van der Waals surface area contributed by atoms with Crippen molar-refractivity contribution < 1.29 is 0 Å². The summed E-state index contributed by atoms with van der Waals surface area (Å²) in [5.41, 5.74) is 1.29. The molecule has 2 heterocycles. The quantitative estimate of drug-likeness (QED) is 0.687. The van der Waals surface area contributed by atoms with Crippen LogP contribution in [0.1, 0.15) is 15.3 Å². The van der Waals surface area contributed by atoms with E-state index in [0.717, 1.165) is 0 Å². The maximum absolute atomic E-state index is 2.17. The van der Waals surface area contributed by atoms with Crippen LogP contribution in [0, 0.1) is 6.92 Å². The van der Waals surface area contributed by atoms with Gasteiger partial charge in [-0.2, -0.15) is 11.3 Å². The first kappa shape index (κ1) is 8.73. The SMILES string of the molecule is Cc1ccc(/C=C\c2ccsc2)s1. The van der Waals surface area contributed by atoms with E-state index < -0.39 is 0 Å². The zero-order valence-electron chi connectivity index (χ0n) is 7.36. The fourth-order valence-corrected chi connectivity index (χ4v) is 2.50. The summed E-state index contributed by atoms with van der Waals surface area (Å²) in [5.74, 6) is 0. The third-order valence-corrected chi connectivity index (χ3v) is 3.41. The van der Waals surface area contributed by atoms with Crippen molar-refractivity contribution in [2.24, 2.45) is 0 Å². The minimum atomic E-state index is 1.29. The molecule has 0 bridgehead atoms. The average Bonchev–Trinajstić information content (AvgIpc) is 2.71. The summed E-state index contributed by atoms with van der Waals surface area (Å²) in [7, 11) is 0. The first-order valence-electron chi connectivity index (χ1n) is 4.11. The van der Waals surface area contributed by atoms with E-state index in [1.165, 1.54) is 15.3 Å². The summed E-state index contributed by atoms with van der Waals surface area (Å²) in [5, 5.41) is 4.25. The molecule has 2 aromatic rings. The van der Waals surface area contributed by atoms with Crippen molar-refractivity contribution in [1.29, 1.82) is 0 Å². The standard InChI is InChI=1S/C11H10S2/c1-9-2-4-11(13-9)5-3-10-6-7-12-8-10/h2-8H,1H3/b5-3-. The molecular weight excluding hydrogens is 196 g/mol. The van der Waals surface area contributed by atoms with E-state index in [4.69, 9.17) is 0 Å². The molecule has 0 amide bonds. The number of rotatable bonds is 2. The second kappa shape index (κ2) is 3.90. The Morgan fingerprint density at radius 2 is 2.08 bits per heavy atom. The van der Waals surface area contributed by atoms with Gasteiger partial charge in [-0.1, -0.05) is 6.08 Å². The molecule has 66 valence electrons. The van der Waals surface area contributed by atoms with Gasteiger partial charge in [-0.05, 0) is 47.5 Å². The molecule has 0 aromatic carbocycles. The summed E-state index contributed by atoms with van der Waals surface area (Å²) in [4.78, 5) is 2.69. The molecule has 0 N–H and O–H groups in total. The lowest BCUT2D eigenvalue weighted by Gasteiger charge is -1.83. The summed E-state index contributed by atoms with van der Waals surface area (Å²) in [6, 6.07) is 6.43. The van der Waals surface area contributed by atoms with Crippen molar-refractivity contribution in [3.63, 3.8) is 0 Å². The van der Waals surface area contributed by atoms with Crippen LogP contribution in [0.15, 0.2) is 29.0 Å². The van der Waals surface area contributed by atoms with E-state index in [9.17, 15) is 0 Å². The van der Waals surface area contributed by atoms with Crippen LogP contribution in [0.3, 0.4) is 0 Å². The van der Waals surface area contributed by atoms with Gasteiger partial charge in [-0.15, -0.1) is 11.3 Å². The molecule has 0 saturated heterocycles. The fraction of sp³-hybridized carbons (Fsp3) is 0.0909. The molecule has 0 aliphatic rings. The van der Waals surface area contributed by atoms with E-state index in [2.05, 4.69) is 48.0 Å². The van der Waals surface area contributed by atoms with Gasteiger partial charge in [0.1, 0.15) is 0 Å². The monoisotopic (exact) mass is 206 g/mol. The molecule has 0 unspecified atom stereocenters. The Morgan fingerprint density at radius 3 is 2.69 bits per heavy atom. The van der Waals surface area contributed by atoms with Gasteiger partial charge in [0.25, 0.3) is 0 Å². The van der Waals surface area contributed by atoms with Crippen LogP contribution in [0.2, 0.25) is 0 Å². The third-order valence-electron chi connectivity index (χ3n) is 1.74. The molecule has 2 heteroatoms. The number of hydrogen-bond acceptors (Lipinski definition) is 2. The summed E-state index contributed by atoms with van der Waals surface area (Å²) < 4.78 is 0. The first-order chi connectivity index (χ1) is 6.34. The molecule has 0 saturated carbocycles. The molecular formula is C11H10S2. The molecule has 0 aliphatic heterocycles. The molecule has 0 radical (unpaired) electrons. The van der Waals surface area contributed by atoms with Crippen LogP contribution in [-0.4, -0.2) is 0 Å². The van der Waals surface area contributed by atoms with Crippen molar-refractivity contribution in [2.75, 3.05) is 0 Å². The maximum Gasteiger partial charge on any atom is 0.0273 e. The van der Waals surface area contributed by atoms with Crippen molar-refractivity contribution in [1.82, 2.24) is 0 Å². The highest BCUT2D eigenvalue weighted by atomic mass is 32.1. The predicted octanol–water partition coefficient (Wildman–Crippen LogP) is 4.29. The molecule has 0 spiro atoms. The van der Waals surface area contributed by atoms with E-state index in [1.54, 1.807) is 11.3 Å². The second-order valence-electron chi connectivity index (χ2n) is 2.84. The minimum absolute atomic E-state index is 1.29. The predicted molar refractivity (Wildman–Crippen MR) is 62.3 cm³/mol. The van der Waals surface area contributed by atoms with Crippen LogP contribution in [-0.2, 0) is 0 Å². The Hall–Kier alpha value is -0.860. The van der Waals surface area contributed by atoms with Crippen LogP contribution in [0.5, 0.6) is 0 Å². The van der Waals surface area contributed by atoms with Crippen molar-refractivity contribution >= 4 is 34.8 Å². The highest BCUT2D eigenvalue weighted by Gasteiger charge is 1.91. The third kappa shape index (κ3) is 2.29. The highest BCUT2D eigenvalue weighted by Crippen LogP contribution is 2.18. The van der Waals surface area contributed by atoms with E-state index in [1.807, 2.05) is 11.3 Å². The Balaban J connectivity index is 2.14. The van der Waals surface area contributed by atoms with Crippen LogP contribution in [0.25, 0.3) is 12.2 Å². The zero-order valence-corrected chi connectivity index (χ0v) is 8.99. The van der Waals surface area contributed by atoms with Crippen LogP contribution < -0.4 is 0 Å². The van der Waals surface area contributed by atoms with Gasteiger partial charge in [0.2, 0.25) is 0 Å². The van der Waals surface area contributed by atoms with E-state index in [0.29, 0.717) is 0 Å².